The fourth-order valence-corrected chi connectivity index (χ4v) is 4.71. The smallest absolute Gasteiger partial charge is 0.264 e. The quantitative estimate of drug-likeness (QED) is 0.654. The lowest BCUT2D eigenvalue weighted by atomic mass is 10.2. The molecule has 0 fully saturated rings. The molecule has 1 aliphatic heterocycles. The molecule has 7 nitrogen and oxygen atoms in total. The molecule has 4 rings (SSSR count). The summed E-state index contributed by atoms with van der Waals surface area (Å²) in [5, 5.41) is 3.22. The number of sulfonamides is 1. The minimum absolute atomic E-state index is 0.0829. The number of carbonyl (C=O) groups excluding carboxylic acids is 1. The van der Waals surface area contributed by atoms with Crippen LogP contribution in [0.15, 0.2) is 78.0 Å². The van der Waals surface area contributed by atoms with Gasteiger partial charge >= 0.3 is 0 Å². The summed E-state index contributed by atoms with van der Waals surface area (Å²) in [6.07, 6.45) is 2.27. The summed E-state index contributed by atoms with van der Waals surface area (Å²) in [6, 6.07) is 16.2. The van der Waals surface area contributed by atoms with Gasteiger partial charge in [-0.15, -0.1) is 0 Å². The van der Waals surface area contributed by atoms with Crippen molar-refractivity contribution in [3.63, 3.8) is 0 Å². The number of nitrogens with one attached hydrogen (secondary N) is 1. The van der Waals surface area contributed by atoms with Gasteiger partial charge in [-0.2, -0.15) is 0 Å². The molecule has 30 heavy (non-hydrogen) atoms. The van der Waals surface area contributed by atoms with Crippen LogP contribution in [0, 0.1) is 0 Å². The number of anilines is 1. The number of benzene rings is 2. The Morgan fingerprint density at radius 3 is 2.53 bits per heavy atom. The summed E-state index contributed by atoms with van der Waals surface area (Å²) in [5.41, 5.74) is 1.26. The first-order valence-corrected chi connectivity index (χ1v) is 11.0. The van der Waals surface area contributed by atoms with Gasteiger partial charge in [0.25, 0.3) is 15.9 Å². The second kappa shape index (κ2) is 8.33. The fraction of sp³-hybridized carbons (Fsp3) is 0.143. The van der Waals surface area contributed by atoms with Crippen LogP contribution in [0.1, 0.15) is 5.56 Å². The zero-order valence-electron chi connectivity index (χ0n) is 15.7. The van der Waals surface area contributed by atoms with Crippen molar-refractivity contribution in [2.45, 2.75) is 17.5 Å². The van der Waals surface area contributed by atoms with Gasteiger partial charge in [0.05, 0.1) is 17.1 Å². The van der Waals surface area contributed by atoms with Crippen LogP contribution >= 0.6 is 11.6 Å². The van der Waals surface area contributed by atoms with Crippen LogP contribution in [0.3, 0.4) is 0 Å². The van der Waals surface area contributed by atoms with E-state index in [9.17, 15) is 13.2 Å². The maximum Gasteiger partial charge on any atom is 0.264 e. The highest BCUT2D eigenvalue weighted by Gasteiger charge is 2.37. The van der Waals surface area contributed by atoms with E-state index in [1.54, 1.807) is 48.8 Å². The first kappa shape index (κ1) is 20.2. The van der Waals surface area contributed by atoms with Crippen LogP contribution in [0.25, 0.3) is 0 Å². The third-order valence-electron chi connectivity index (χ3n) is 4.64. The van der Waals surface area contributed by atoms with Gasteiger partial charge in [-0.05, 0) is 54.1 Å². The third-order valence-corrected chi connectivity index (χ3v) is 6.69. The van der Waals surface area contributed by atoms with Gasteiger partial charge in [0.2, 0.25) is 0 Å². The number of aromatic nitrogens is 1. The van der Waals surface area contributed by atoms with Crippen molar-refractivity contribution in [2.75, 3.05) is 10.8 Å². The van der Waals surface area contributed by atoms with E-state index in [0.29, 0.717) is 16.5 Å². The van der Waals surface area contributed by atoms with Crippen LogP contribution in [-0.2, 0) is 21.4 Å². The van der Waals surface area contributed by atoms with Crippen molar-refractivity contribution in [1.82, 2.24) is 10.3 Å². The molecule has 0 saturated carbocycles. The molecule has 0 radical (unpaired) electrons. The molecule has 1 atom stereocenters. The number of rotatable bonds is 5. The van der Waals surface area contributed by atoms with Gasteiger partial charge in [0.15, 0.2) is 6.10 Å². The highest BCUT2D eigenvalue weighted by Crippen LogP contribution is 2.36. The molecule has 3 aromatic rings. The Bertz CT molecular complexity index is 1150. The molecular weight excluding hydrogens is 426 g/mol. The van der Waals surface area contributed by atoms with Crippen LogP contribution in [-0.4, -0.2) is 32.0 Å². The average molecular weight is 444 g/mol. The Morgan fingerprint density at radius 1 is 1.10 bits per heavy atom. The summed E-state index contributed by atoms with van der Waals surface area (Å²) in [7, 11) is -3.92. The largest absolute Gasteiger partial charge is 0.476 e. The second-order valence-corrected chi connectivity index (χ2v) is 8.94. The molecule has 0 bridgehead atoms. The Balaban J connectivity index is 1.60. The molecule has 1 aliphatic rings. The van der Waals surface area contributed by atoms with E-state index in [1.807, 2.05) is 0 Å². The van der Waals surface area contributed by atoms with Crippen LogP contribution < -0.4 is 14.4 Å². The minimum Gasteiger partial charge on any atom is -0.476 e. The van der Waals surface area contributed by atoms with E-state index < -0.39 is 22.0 Å². The summed E-state index contributed by atoms with van der Waals surface area (Å²) in [4.78, 5) is 16.8. The zero-order valence-corrected chi connectivity index (χ0v) is 17.3. The lowest BCUT2D eigenvalue weighted by molar-refractivity contribution is -0.127. The van der Waals surface area contributed by atoms with Crippen LogP contribution in [0.2, 0.25) is 5.02 Å². The van der Waals surface area contributed by atoms with Crippen molar-refractivity contribution in [1.29, 1.82) is 0 Å². The lowest BCUT2D eigenvalue weighted by Gasteiger charge is -2.34. The Hall–Kier alpha value is -3.10. The van der Waals surface area contributed by atoms with Gasteiger partial charge in [0, 0.05) is 24.0 Å². The number of hydrogen-bond donors (Lipinski definition) is 1. The van der Waals surface area contributed by atoms with Crippen molar-refractivity contribution < 1.29 is 17.9 Å². The molecule has 0 saturated heterocycles. The van der Waals surface area contributed by atoms with Gasteiger partial charge in [-0.1, -0.05) is 23.7 Å². The Kier molecular flexibility index (Phi) is 5.61. The van der Waals surface area contributed by atoms with E-state index in [4.69, 9.17) is 16.3 Å². The van der Waals surface area contributed by atoms with Crippen molar-refractivity contribution in [2.24, 2.45) is 0 Å². The molecule has 154 valence electrons. The zero-order chi connectivity index (χ0) is 21.1. The second-order valence-electron chi connectivity index (χ2n) is 6.64. The number of nitrogens with zero attached hydrogens (tertiary/aromatic N) is 2. The number of fused-ring (bicyclic) bond motifs is 1. The molecule has 1 N–H and O–H groups in total. The van der Waals surface area contributed by atoms with Gasteiger partial charge in [-0.3, -0.25) is 14.1 Å². The highest BCUT2D eigenvalue weighted by molar-refractivity contribution is 7.92. The lowest BCUT2D eigenvalue weighted by Crippen LogP contribution is -2.50. The van der Waals surface area contributed by atoms with Gasteiger partial charge in [0.1, 0.15) is 5.75 Å². The van der Waals surface area contributed by atoms with E-state index in [1.165, 1.54) is 28.6 Å². The third kappa shape index (κ3) is 4.10. The Morgan fingerprint density at radius 2 is 1.80 bits per heavy atom. The summed E-state index contributed by atoms with van der Waals surface area (Å²) in [5.74, 6) is -0.0806. The number of carbonyl (C=O) groups is 1. The summed E-state index contributed by atoms with van der Waals surface area (Å²) < 4.78 is 33.6. The standard InChI is InChI=1S/C21H18ClN3O4S/c22-16-5-7-17(8-6-16)30(27,28)25-14-20(29-19-4-2-1-3-18(19)25)21(26)24-13-15-9-11-23-12-10-15/h1-12,20H,13-14H2,(H,24,26)/t20-/m1/s1. The van der Waals surface area contributed by atoms with Gasteiger partial charge < -0.3 is 10.1 Å². The average Bonchev–Trinajstić information content (AvgIpc) is 2.77. The summed E-state index contributed by atoms with van der Waals surface area (Å²) >= 11 is 5.89. The molecule has 1 amide bonds. The van der Waals surface area contributed by atoms with E-state index in [-0.39, 0.29) is 18.0 Å². The Labute approximate surface area is 179 Å². The topological polar surface area (TPSA) is 88.6 Å². The first-order valence-electron chi connectivity index (χ1n) is 9.16. The van der Waals surface area contributed by atoms with E-state index in [0.717, 1.165) is 5.56 Å². The first-order chi connectivity index (χ1) is 14.4. The van der Waals surface area contributed by atoms with Crippen molar-refractivity contribution in [3.05, 3.63) is 83.6 Å². The van der Waals surface area contributed by atoms with E-state index in [2.05, 4.69) is 10.3 Å². The predicted octanol–water partition coefficient (Wildman–Crippen LogP) is 3.01. The maximum atomic E-state index is 13.3. The monoisotopic (exact) mass is 443 g/mol. The normalized spacial score (nSPS) is 15.8. The number of amides is 1. The molecular formula is C21H18ClN3O4S. The molecule has 2 aromatic carbocycles. The fourth-order valence-electron chi connectivity index (χ4n) is 3.10. The molecule has 0 spiro atoms. The highest BCUT2D eigenvalue weighted by atomic mass is 35.5. The SMILES string of the molecule is O=C(NCc1ccncc1)[C@H]1CN(S(=O)(=O)c2ccc(Cl)cc2)c2ccccc2O1. The molecule has 9 heteroatoms. The number of para-hydroxylation sites is 2. The van der Waals surface area contributed by atoms with Crippen molar-refractivity contribution >= 4 is 33.2 Å². The number of pyridine rings is 1. The van der Waals surface area contributed by atoms with E-state index >= 15 is 0 Å². The van der Waals surface area contributed by atoms with Gasteiger partial charge in [-0.25, -0.2) is 8.42 Å². The van der Waals surface area contributed by atoms with Crippen LogP contribution in [0.5, 0.6) is 5.75 Å². The molecule has 0 aliphatic carbocycles. The number of hydrogen-bond acceptors (Lipinski definition) is 5. The number of halogens is 1. The summed E-state index contributed by atoms with van der Waals surface area (Å²) in [6.45, 7) is 0.136. The maximum absolute atomic E-state index is 13.3. The van der Waals surface area contributed by atoms with Crippen LogP contribution in [0.4, 0.5) is 5.69 Å². The molecule has 1 aromatic heterocycles. The minimum atomic E-state index is -3.92. The number of ether oxygens (including phenoxy) is 1. The molecule has 0 unspecified atom stereocenters. The molecule has 2 heterocycles. The predicted molar refractivity (Wildman–Crippen MR) is 113 cm³/mol. The van der Waals surface area contributed by atoms with Crippen molar-refractivity contribution in [3.8, 4) is 5.75 Å².